The molecule has 0 fully saturated rings. The highest BCUT2D eigenvalue weighted by atomic mass is 32.1. The van der Waals surface area contributed by atoms with Crippen molar-refractivity contribution in [3.8, 4) is 11.8 Å². The molecule has 2 aromatic carbocycles. The Bertz CT molecular complexity index is 1070. The lowest BCUT2D eigenvalue weighted by Gasteiger charge is -2.09. The smallest absolute Gasteiger partial charge is 0.195 e. The molecule has 3 rings (SSSR count). The average molecular weight is 350 g/mol. The molecule has 0 spiro atoms. The van der Waals surface area contributed by atoms with Gasteiger partial charge in [0.25, 0.3) is 0 Å². The van der Waals surface area contributed by atoms with Gasteiger partial charge in [-0.3, -0.25) is 4.79 Å². The van der Waals surface area contributed by atoms with Crippen LogP contribution in [0, 0.1) is 11.8 Å². The highest BCUT2D eigenvalue weighted by Crippen LogP contribution is 2.29. The Morgan fingerprint density at radius 3 is 2.48 bits per heavy atom. The molecular weight excluding hydrogens is 328 g/mol. The van der Waals surface area contributed by atoms with Gasteiger partial charge < -0.3 is 5.11 Å². The van der Waals surface area contributed by atoms with E-state index in [9.17, 15) is 9.90 Å². The fraction of sp³-hybridized carbons (Fsp3) is 0.318. The summed E-state index contributed by atoms with van der Waals surface area (Å²) in [7, 11) is 0. The highest BCUT2D eigenvalue weighted by molar-refractivity contribution is 7.24. The second-order valence-corrected chi connectivity index (χ2v) is 7.84. The molecule has 128 valence electrons. The van der Waals surface area contributed by atoms with E-state index >= 15 is 0 Å². The van der Waals surface area contributed by atoms with Crippen molar-refractivity contribution in [1.29, 1.82) is 0 Å². The van der Waals surface area contributed by atoms with Gasteiger partial charge in [-0.1, -0.05) is 31.8 Å². The molecule has 3 heteroatoms. The third-order valence-electron chi connectivity index (χ3n) is 4.21. The molecule has 2 nitrogen and oxygen atoms in total. The standard InChI is InChI=1S/C22H22O2S/c1-5-14-11-16(6-2)21-18(12-14)20(23)17-13-15(7-8-19(17)25-21)9-10-22(3,4)24/h7-8,11-13,24H,5-6H2,1-4H3. The van der Waals surface area contributed by atoms with Crippen LogP contribution in [0.25, 0.3) is 20.2 Å². The van der Waals surface area contributed by atoms with Crippen LogP contribution in [0.15, 0.2) is 35.1 Å². The summed E-state index contributed by atoms with van der Waals surface area (Å²) in [5, 5.41) is 11.3. The van der Waals surface area contributed by atoms with Crippen molar-refractivity contribution in [1.82, 2.24) is 0 Å². The number of hydrogen-bond donors (Lipinski definition) is 1. The van der Waals surface area contributed by atoms with E-state index in [4.69, 9.17) is 0 Å². The van der Waals surface area contributed by atoms with Crippen molar-refractivity contribution in [2.75, 3.05) is 0 Å². The Kier molecular flexibility index (Phi) is 4.69. The van der Waals surface area contributed by atoms with E-state index < -0.39 is 5.60 Å². The fourth-order valence-electron chi connectivity index (χ4n) is 2.87. The topological polar surface area (TPSA) is 37.3 Å². The first-order valence-electron chi connectivity index (χ1n) is 8.60. The molecule has 0 aliphatic carbocycles. The minimum Gasteiger partial charge on any atom is -0.378 e. The largest absolute Gasteiger partial charge is 0.378 e. The van der Waals surface area contributed by atoms with Crippen LogP contribution in [0.4, 0.5) is 0 Å². The molecule has 0 aliphatic rings. The minimum absolute atomic E-state index is 0.0701. The van der Waals surface area contributed by atoms with Crippen LogP contribution in [-0.4, -0.2) is 10.7 Å². The molecular formula is C22H22O2S. The lowest BCUT2D eigenvalue weighted by atomic mass is 10.0. The van der Waals surface area contributed by atoms with Gasteiger partial charge in [0.2, 0.25) is 0 Å². The summed E-state index contributed by atoms with van der Waals surface area (Å²) in [6, 6.07) is 9.96. The van der Waals surface area contributed by atoms with E-state index in [2.05, 4.69) is 31.8 Å². The van der Waals surface area contributed by atoms with Gasteiger partial charge in [-0.05, 0) is 62.1 Å². The normalized spacial score (nSPS) is 11.6. The summed E-state index contributed by atoms with van der Waals surface area (Å²) >= 11 is 1.67. The van der Waals surface area contributed by atoms with Crippen molar-refractivity contribution in [3.63, 3.8) is 0 Å². The number of aliphatic hydroxyl groups is 1. The monoisotopic (exact) mass is 350 g/mol. The van der Waals surface area contributed by atoms with Crippen LogP contribution < -0.4 is 5.43 Å². The number of rotatable bonds is 2. The van der Waals surface area contributed by atoms with Crippen molar-refractivity contribution < 1.29 is 5.11 Å². The fourth-order valence-corrected chi connectivity index (χ4v) is 4.08. The van der Waals surface area contributed by atoms with Crippen LogP contribution in [0.3, 0.4) is 0 Å². The molecule has 25 heavy (non-hydrogen) atoms. The molecule has 0 bridgehead atoms. The van der Waals surface area contributed by atoms with Crippen molar-refractivity contribution in [2.45, 2.75) is 46.1 Å². The van der Waals surface area contributed by atoms with Crippen molar-refractivity contribution in [3.05, 3.63) is 57.2 Å². The van der Waals surface area contributed by atoms with Crippen molar-refractivity contribution >= 4 is 31.5 Å². The van der Waals surface area contributed by atoms with E-state index in [1.165, 1.54) is 11.1 Å². The minimum atomic E-state index is -1.05. The predicted octanol–water partition coefficient (Wildman–Crippen LogP) is 4.66. The Balaban J connectivity index is 2.30. The molecule has 0 saturated heterocycles. The zero-order valence-electron chi connectivity index (χ0n) is 15.1. The lowest BCUT2D eigenvalue weighted by Crippen LogP contribution is -2.14. The molecule has 3 aromatic rings. The van der Waals surface area contributed by atoms with E-state index in [-0.39, 0.29) is 5.43 Å². The van der Waals surface area contributed by atoms with Gasteiger partial charge in [-0.15, -0.1) is 11.3 Å². The molecule has 0 amide bonds. The third-order valence-corrected chi connectivity index (χ3v) is 5.47. The zero-order valence-corrected chi connectivity index (χ0v) is 15.9. The quantitative estimate of drug-likeness (QED) is 0.539. The summed E-state index contributed by atoms with van der Waals surface area (Å²) in [6.45, 7) is 7.53. The summed E-state index contributed by atoms with van der Waals surface area (Å²) in [5.41, 5.74) is 2.21. The first-order valence-corrected chi connectivity index (χ1v) is 9.42. The highest BCUT2D eigenvalue weighted by Gasteiger charge is 2.11. The van der Waals surface area contributed by atoms with Gasteiger partial charge in [0.15, 0.2) is 5.43 Å². The Morgan fingerprint density at radius 1 is 1.08 bits per heavy atom. The zero-order chi connectivity index (χ0) is 18.2. The molecule has 0 aliphatic heterocycles. The molecule has 0 radical (unpaired) electrons. The third kappa shape index (κ3) is 3.61. The van der Waals surface area contributed by atoms with Crippen LogP contribution in [0.2, 0.25) is 0 Å². The number of aryl methyl sites for hydroxylation is 2. The van der Waals surface area contributed by atoms with E-state index in [1.54, 1.807) is 25.2 Å². The lowest BCUT2D eigenvalue weighted by molar-refractivity contribution is 0.143. The Morgan fingerprint density at radius 2 is 1.84 bits per heavy atom. The summed E-state index contributed by atoms with van der Waals surface area (Å²) in [4.78, 5) is 13.1. The molecule has 0 atom stereocenters. The SMILES string of the molecule is CCc1cc(CC)c2sc3ccc(C#CC(C)(C)O)cc3c(=O)c2c1. The van der Waals surface area contributed by atoms with Crippen LogP contribution in [-0.2, 0) is 12.8 Å². The summed E-state index contributed by atoms with van der Waals surface area (Å²) < 4.78 is 2.07. The maximum Gasteiger partial charge on any atom is 0.195 e. The second-order valence-electron chi connectivity index (χ2n) is 6.79. The van der Waals surface area contributed by atoms with Crippen LogP contribution >= 0.6 is 11.3 Å². The van der Waals surface area contributed by atoms with Gasteiger partial charge in [0, 0.05) is 25.7 Å². The van der Waals surface area contributed by atoms with Gasteiger partial charge >= 0.3 is 0 Å². The van der Waals surface area contributed by atoms with Crippen LogP contribution in [0.5, 0.6) is 0 Å². The maximum absolute atomic E-state index is 13.1. The number of hydrogen-bond acceptors (Lipinski definition) is 3. The van der Waals surface area contributed by atoms with E-state index in [0.717, 1.165) is 33.2 Å². The predicted molar refractivity (Wildman–Crippen MR) is 108 cm³/mol. The van der Waals surface area contributed by atoms with Crippen LogP contribution in [0.1, 0.15) is 44.4 Å². The molecule has 1 N–H and O–H groups in total. The Labute approximate surface area is 152 Å². The average Bonchev–Trinajstić information content (AvgIpc) is 2.59. The molecule has 0 saturated carbocycles. The first-order chi connectivity index (χ1) is 11.8. The number of benzene rings is 2. The first kappa shape index (κ1) is 17.7. The van der Waals surface area contributed by atoms with Crippen molar-refractivity contribution in [2.24, 2.45) is 0 Å². The second kappa shape index (κ2) is 6.63. The van der Waals surface area contributed by atoms with E-state index in [0.29, 0.717) is 5.39 Å². The van der Waals surface area contributed by atoms with Gasteiger partial charge in [-0.2, -0.15) is 0 Å². The number of fused-ring (bicyclic) bond motifs is 2. The van der Waals surface area contributed by atoms with Gasteiger partial charge in [-0.25, -0.2) is 0 Å². The Hall–Kier alpha value is -2.15. The van der Waals surface area contributed by atoms with Gasteiger partial charge in [0.05, 0.1) is 0 Å². The van der Waals surface area contributed by atoms with E-state index in [1.807, 2.05) is 24.3 Å². The van der Waals surface area contributed by atoms with Gasteiger partial charge in [0.1, 0.15) is 5.60 Å². The molecule has 1 aromatic heterocycles. The summed E-state index contributed by atoms with van der Waals surface area (Å²) in [5.74, 6) is 5.77. The summed E-state index contributed by atoms with van der Waals surface area (Å²) in [6.07, 6.45) is 1.84. The molecule has 0 unspecified atom stereocenters. The maximum atomic E-state index is 13.1. The molecule has 1 heterocycles.